The summed E-state index contributed by atoms with van der Waals surface area (Å²) in [5, 5.41) is 15.4. The van der Waals surface area contributed by atoms with Crippen LogP contribution in [0.1, 0.15) is 41.5 Å². The molecule has 10 heteroatoms. The number of thiazole rings is 1. The van der Waals surface area contributed by atoms with Crippen LogP contribution in [-0.2, 0) is 10.3 Å². The molecule has 154 valence electrons. The van der Waals surface area contributed by atoms with Crippen LogP contribution in [0.2, 0.25) is 10.0 Å². The molecule has 3 heterocycles. The number of aromatic amines is 1. The minimum Gasteiger partial charge on any atom is -0.383 e. The number of hydrogen-bond donors (Lipinski definition) is 3. The van der Waals surface area contributed by atoms with Gasteiger partial charge in [0.25, 0.3) is 5.91 Å². The number of amides is 1. The van der Waals surface area contributed by atoms with Gasteiger partial charge in [-0.3, -0.25) is 4.79 Å². The zero-order valence-corrected chi connectivity index (χ0v) is 18.5. The summed E-state index contributed by atoms with van der Waals surface area (Å²) in [4.78, 5) is 22.0. The van der Waals surface area contributed by atoms with Crippen molar-refractivity contribution >= 4 is 45.4 Å². The summed E-state index contributed by atoms with van der Waals surface area (Å²) in [6, 6.07) is -0.158. The van der Waals surface area contributed by atoms with Gasteiger partial charge in [0.05, 0.1) is 28.4 Å². The lowest BCUT2D eigenvalue weighted by atomic mass is 10.0. The molecule has 3 N–H and O–H groups in total. The first-order chi connectivity index (χ1) is 13.1. The lowest BCUT2D eigenvalue weighted by Gasteiger charge is -2.38. The fourth-order valence-electron chi connectivity index (χ4n) is 3.18. The van der Waals surface area contributed by atoms with Gasteiger partial charge in [-0.15, -0.1) is 0 Å². The van der Waals surface area contributed by atoms with Gasteiger partial charge in [-0.2, -0.15) is 0 Å². The molecule has 0 aliphatic carbocycles. The maximum absolute atomic E-state index is 12.6. The van der Waals surface area contributed by atoms with Crippen LogP contribution >= 0.6 is 34.5 Å². The largest absolute Gasteiger partial charge is 0.383 e. The number of hydrogen-bond acceptors (Lipinski definition) is 6. The molecule has 28 heavy (non-hydrogen) atoms. The predicted octanol–water partition coefficient (Wildman–Crippen LogP) is 3.34. The predicted molar refractivity (Wildman–Crippen MR) is 112 cm³/mol. The van der Waals surface area contributed by atoms with E-state index in [9.17, 15) is 9.90 Å². The second-order valence-corrected chi connectivity index (χ2v) is 9.17. The smallest absolute Gasteiger partial charge is 0.269 e. The molecule has 1 aliphatic heterocycles. The zero-order valence-electron chi connectivity index (χ0n) is 16.2. The molecule has 1 aliphatic rings. The molecule has 1 unspecified atom stereocenters. The number of aryl methyl sites for hydroxylation is 1. The van der Waals surface area contributed by atoms with Crippen LogP contribution in [0.3, 0.4) is 0 Å². The molecule has 0 aromatic carbocycles. The molecule has 2 aromatic heterocycles. The van der Waals surface area contributed by atoms with Crippen molar-refractivity contribution in [2.75, 3.05) is 25.1 Å². The Morgan fingerprint density at radius 3 is 2.71 bits per heavy atom. The number of methoxy groups -OCH3 is 1. The van der Waals surface area contributed by atoms with Gasteiger partial charge in [0.1, 0.15) is 21.3 Å². The second kappa shape index (κ2) is 8.20. The van der Waals surface area contributed by atoms with Crippen molar-refractivity contribution in [1.29, 1.82) is 0 Å². The Kier molecular flexibility index (Phi) is 6.26. The first kappa shape index (κ1) is 21.4. The average molecular weight is 447 g/mol. The van der Waals surface area contributed by atoms with Crippen molar-refractivity contribution in [2.45, 2.75) is 44.9 Å². The topological polar surface area (TPSA) is 90.5 Å². The van der Waals surface area contributed by atoms with E-state index < -0.39 is 5.60 Å². The second-order valence-electron chi connectivity index (χ2n) is 7.40. The number of aliphatic hydroxyl groups is 1. The minimum absolute atomic E-state index is 0.158. The van der Waals surface area contributed by atoms with Crippen LogP contribution in [-0.4, -0.2) is 53.3 Å². The molecule has 1 saturated heterocycles. The van der Waals surface area contributed by atoms with Gasteiger partial charge in [0.2, 0.25) is 0 Å². The highest BCUT2D eigenvalue weighted by atomic mass is 35.5. The molecule has 1 fully saturated rings. The van der Waals surface area contributed by atoms with E-state index in [0.717, 1.165) is 11.5 Å². The highest BCUT2D eigenvalue weighted by molar-refractivity contribution is 7.15. The summed E-state index contributed by atoms with van der Waals surface area (Å²) in [7, 11) is 1.63. The van der Waals surface area contributed by atoms with Crippen LogP contribution in [0, 0.1) is 6.92 Å². The molecule has 3 rings (SSSR count). The van der Waals surface area contributed by atoms with Gasteiger partial charge in [-0.25, -0.2) is 4.98 Å². The van der Waals surface area contributed by atoms with E-state index in [0.29, 0.717) is 28.7 Å². The number of halogens is 2. The van der Waals surface area contributed by atoms with Gasteiger partial charge in [-0.1, -0.05) is 34.5 Å². The van der Waals surface area contributed by atoms with Crippen LogP contribution in [0.5, 0.6) is 0 Å². The number of aromatic nitrogens is 2. The van der Waals surface area contributed by atoms with Crippen molar-refractivity contribution in [1.82, 2.24) is 15.3 Å². The Morgan fingerprint density at radius 2 is 2.18 bits per heavy atom. The van der Waals surface area contributed by atoms with Gasteiger partial charge in [0.15, 0.2) is 0 Å². The number of piperidine rings is 1. The van der Waals surface area contributed by atoms with Gasteiger partial charge >= 0.3 is 0 Å². The number of ether oxygens (including phenoxy) is 1. The maximum Gasteiger partial charge on any atom is 0.269 e. The standard InChI is InChI=1S/C18H24Cl2N4O3S/c1-9-13(19)14(20)15(22-9)16(25)23-10-5-6-24(8-11(10)27-4)12-7-21-17(28-12)18(2,3)26/h7,10-11,22,26H,5-6,8H2,1-4H3,(H,23,25)/t10?,11-/m0/s1. The zero-order chi connectivity index (χ0) is 20.6. The molecule has 0 saturated carbocycles. The summed E-state index contributed by atoms with van der Waals surface area (Å²) in [6.07, 6.45) is 2.27. The van der Waals surface area contributed by atoms with Crippen molar-refractivity contribution in [2.24, 2.45) is 0 Å². The van der Waals surface area contributed by atoms with Gasteiger partial charge in [0, 0.05) is 25.9 Å². The summed E-state index contributed by atoms with van der Waals surface area (Å²) < 4.78 is 5.63. The third kappa shape index (κ3) is 4.31. The lowest BCUT2D eigenvalue weighted by molar-refractivity contribution is 0.0541. The third-order valence-electron chi connectivity index (χ3n) is 4.79. The monoisotopic (exact) mass is 446 g/mol. The first-order valence-electron chi connectivity index (χ1n) is 8.92. The van der Waals surface area contributed by atoms with Crippen LogP contribution in [0.4, 0.5) is 5.00 Å². The fraction of sp³-hybridized carbons (Fsp3) is 0.556. The highest BCUT2D eigenvalue weighted by Gasteiger charge is 2.33. The van der Waals surface area contributed by atoms with E-state index in [1.165, 1.54) is 11.3 Å². The summed E-state index contributed by atoms with van der Waals surface area (Å²) in [6.45, 7) is 6.53. The third-order valence-corrected chi connectivity index (χ3v) is 7.11. The molecule has 2 aromatic rings. The molecule has 0 radical (unpaired) electrons. The molecule has 0 spiro atoms. The van der Waals surface area contributed by atoms with E-state index in [1.54, 1.807) is 34.1 Å². The van der Waals surface area contributed by atoms with Crippen LogP contribution < -0.4 is 10.2 Å². The SMILES string of the molecule is CO[C@H]1CN(c2cnc(C(C)(C)O)s2)CCC1NC(=O)c1[nH]c(C)c(Cl)c1Cl. The van der Waals surface area contributed by atoms with Crippen molar-refractivity contribution in [3.8, 4) is 0 Å². The molecule has 0 bridgehead atoms. The maximum atomic E-state index is 12.6. The van der Waals surface area contributed by atoms with Crippen LogP contribution in [0.15, 0.2) is 6.20 Å². The summed E-state index contributed by atoms with van der Waals surface area (Å²) in [5.41, 5.74) is -0.0497. The number of H-pyrrole nitrogens is 1. The summed E-state index contributed by atoms with van der Waals surface area (Å²) >= 11 is 13.7. The Balaban J connectivity index is 1.68. The van der Waals surface area contributed by atoms with Crippen molar-refractivity contribution in [3.05, 3.63) is 32.6 Å². The number of anilines is 1. The van der Waals surface area contributed by atoms with Gasteiger partial charge < -0.3 is 25.0 Å². The highest BCUT2D eigenvalue weighted by Crippen LogP contribution is 2.33. The molecule has 1 amide bonds. The van der Waals surface area contributed by atoms with Gasteiger partial charge in [-0.05, 0) is 27.2 Å². The Bertz CT molecular complexity index is 862. The van der Waals surface area contributed by atoms with E-state index in [1.807, 2.05) is 0 Å². The van der Waals surface area contributed by atoms with Crippen molar-refractivity contribution < 1.29 is 14.6 Å². The quantitative estimate of drug-likeness (QED) is 0.654. The molecular weight excluding hydrogens is 423 g/mol. The van der Waals surface area contributed by atoms with E-state index in [2.05, 4.69) is 20.2 Å². The van der Waals surface area contributed by atoms with E-state index in [-0.39, 0.29) is 28.8 Å². The summed E-state index contributed by atoms with van der Waals surface area (Å²) in [5.74, 6) is -0.303. The van der Waals surface area contributed by atoms with Crippen LogP contribution in [0.25, 0.3) is 0 Å². The Hall–Kier alpha value is -1.32. The number of rotatable bonds is 5. The normalized spacial score (nSPS) is 20.5. The number of nitrogens with one attached hydrogen (secondary N) is 2. The first-order valence-corrected chi connectivity index (χ1v) is 10.5. The molecule has 2 atom stereocenters. The minimum atomic E-state index is -0.968. The average Bonchev–Trinajstić information content (AvgIpc) is 3.23. The van der Waals surface area contributed by atoms with E-state index >= 15 is 0 Å². The number of nitrogens with zero attached hydrogens (tertiary/aromatic N) is 2. The number of carbonyl (C=O) groups excluding carboxylic acids is 1. The Morgan fingerprint density at radius 1 is 1.46 bits per heavy atom. The number of carbonyl (C=O) groups is 1. The lowest BCUT2D eigenvalue weighted by Crippen LogP contribution is -2.54. The molecular formula is C18H24Cl2N4O3S. The Labute approximate surface area is 178 Å². The molecule has 7 nitrogen and oxygen atoms in total. The fourth-order valence-corrected chi connectivity index (χ4v) is 4.55. The van der Waals surface area contributed by atoms with Crippen molar-refractivity contribution in [3.63, 3.8) is 0 Å². The van der Waals surface area contributed by atoms with E-state index in [4.69, 9.17) is 27.9 Å².